The fourth-order valence-electron chi connectivity index (χ4n) is 2.75. The van der Waals surface area contributed by atoms with E-state index in [-0.39, 0.29) is 36.5 Å². The van der Waals surface area contributed by atoms with Crippen molar-refractivity contribution >= 4 is 39.1 Å². The maximum atomic E-state index is 12.5. The van der Waals surface area contributed by atoms with E-state index in [4.69, 9.17) is 0 Å². The maximum absolute atomic E-state index is 12.5. The van der Waals surface area contributed by atoms with Crippen molar-refractivity contribution in [1.82, 2.24) is 15.2 Å². The van der Waals surface area contributed by atoms with Gasteiger partial charge in [-0.3, -0.25) is 19.7 Å². The molecule has 0 unspecified atom stereocenters. The fraction of sp³-hybridized carbons (Fsp3) is 0.250. The number of nitrogens with one attached hydrogen (secondary N) is 1. The third kappa shape index (κ3) is 4.75. The van der Waals surface area contributed by atoms with Gasteiger partial charge in [-0.05, 0) is 31.2 Å². The average molecular weight is 412 g/mol. The minimum absolute atomic E-state index is 0.0813. The van der Waals surface area contributed by atoms with Gasteiger partial charge in [-0.25, -0.2) is 4.98 Å². The quantitative estimate of drug-likeness (QED) is 0.472. The SMILES string of the molecule is C[C@@H](c1nc2ccccc2s1)N(C)C(=O)CCNC(=O)c1ccc([N+](=O)[O-])cc1. The molecule has 0 saturated carbocycles. The van der Waals surface area contributed by atoms with E-state index in [1.807, 2.05) is 31.2 Å². The first-order valence-corrected chi connectivity index (χ1v) is 9.82. The predicted octanol–water partition coefficient (Wildman–Crippen LogP) is 3.54. The third-order valence-electron chi connectivity index (χ3n) is 4.61. The molecular weight excluding hydrogens is 392 g/mol. The summed E-state index contributed by atoms with van der Waals surface area (Å²) < 4.78 is 1.07. The standard InChI is InChI=1S/C20H20N4O4S/c1-13(20-22-16-5-3-4-6-17(16)29-20)23(2)18(25)11-12-21-19(26)14-7-9-15(10-8-14)24(27)28/h3-10,13H,11-12H2,1-2H3,(H,21,26)/t13-/m0/s1. The molecule has 2 aromatic carbocycles. The largest absolute Gasteiger partial charge is 0.352 e. The van der Waals surface area contributed by atoms with Gasteiger partial charge in [-0.15, -0.1) is 11.3 Å². The highest BCUT2D eigenvalue weighted by Gasteiger charge is 2.20. The maximum Gasteiger partial charge on any atom is 0.269 e. The molecule has 0 saturated heterocycles. The van der Waals surface area contributed by atoms with E-state index in [9.17, 15) is 19.7 Å². The van der Waals surface area contributed by atoms with Crippen LogP contribution in [0.1, 0.15) is 34.8 Å². The summed E-state index contributed by atoms with van der Waals surface area (Å²) in [5.41, 5.74) is 1.14. The van der Waals surface area contributed by atoms with Crippen LogP contribution in [0.2, 0.25) is 0 Å². The van der Waals surface area contributed by atoms with Crippen molar-refractivity contribution in [3.8, 4) is 0 Å². The van der Waals surface area contributed by atoms with Crippen molar-refractivity contribution in [1.29, 1.82) is 0 Å². The molecule has 9 heteroatoms. The number of para-hydroxylation sites is 1. The van der Waals surface area contributed by atoms with Crippen LogP contribution in [0.5, 0.6) is 0 Å². The van der Waals surface area contributed by atoms with Gasteiger partial charge in [-0.2, -0.15) is 0 Å². The number of amides is 2. The van der Waals surface area contributed by atoms with E-state index in [1.165, 1.54) is 24.3 Å². The van der Waals surface area contributed by atoms with E-state index in [0.717, 1.165) is 15.2 Å². The van der Waals surface area contributed by atoms with Gasteiger partial charge >= 0.3 is 0 Å². The molecule has 3 rings (SSSR count). The summed E-state index contributed by atoms with van der Waals surface area (Å²) in [7, 11) is 1.72. The van der Waals surface area contributed by atoms with Gasteiger partial charge < -0.3 is 10.2 Å². The van der Waals surface area contributed by atoms with E-state index < -0.39 is 4.92 Å². The summed E-state index contributed by atoms with van der Waals surface area (Å²) in [6, 6.07) is 13.0. The number of benzene rings is 2. The third-order valence-corrected chi connectivity index (χ3v) is 5.81. The lowest BCUT2D eigenvalue weighted by Crippen LogP contribution is -2.33. The number of hydrogen-bond acceptors (Lipinski definition) is 6. The van der Waals surface area contributed by atoms with Crippen LogP contribution in [0.3, 0.4) is 0 Å². The zero-order valence-corrected chi connectivity index (χ0v) is 16.8. The smallest absolute Gasteiger partial charge is 0.269 e. The van der Waals surface area contributed by atoms with Crippen LogP contribution in [0.15, 0.2) is 48.5 Å². The van der Waals surface area contributed by atoms with Gasteiger partial charge in [0, 0.05) is 37.7 Å². The Kier molecular flexibility index (Phi) is 6.18. The number of carbonyl (C=O) groups is 2. The lowest BCUT2D eigenvalue weighted by molar-refractivity contribution is -0.384. The van der Waals surface area contributed by atoms with Gasteiger partial charge in [0.25, 0.3) is 11.6 Å². The van der Waals surface area contributed by atoms with Crippen LogP contribution in [-0.2, 0) is 4.79 Å². The summed E-state index contributed by atoms with van der Waals surface area (Å²) in [5.74, 6) is -0.490. The molecule has 1 N–H and O–H groups in total. The highest BCUT2D eigenvalue weighted by molar-refractivity contribution is 7.18. The molecule has 3 aromatic rings. The van der Waals surface area contributed by atoms with Crippen LogP contribution in [-0.4, -0.2) is 40.2 Å². The van der Waals surface area contributed by atoms with E-state index in [2.05, 4.69) is 10.3 Å². The van der Waals surface area contributed by atoms with Gasteiger partial charge in [0.2, 0.25) is 5.91 Å². The summed E-state index contributed by atoms with van der Waals surface area (Å²) in [6.45, 7) is 2.09. The zero-order valence-electron chi connectivity index (χ0n) is 16.0. The molecule has 0 radical (unpaired) electrons. The average Bonchev–Trinajstić information content (AvgIpc) is 3.16. The summed E-state index contributed by atoms with van der Waals surface area (Å²) in [5, 5.41) is 14.2. The second kappa shape index (κ2) is 8.78. The molecule has 8 nitrogen and oxygen atoms in total. The molecule has 1 aromatic heterocycles. The van der Waals surface area contributed by atoms with Crippen molar-refractivity contribution in [2.45, 2.75) is 19.4 Å². The number of aromatic nitrogens is 1. The first kappa shape index (κ1) is 20.4. The van der Waals surface area contributed by atoms with Crippen LogP contribution < -0.4 is 5.32 Å². The molecule has 150 valence electrons. The highest BCUT2D eigenvalue weighted by Crippen LogP contribution is 2.28. The Hall–Kier alpha value is -3.33. The molecule has 1 heterocycles. The highest BCUT2D eigenvalue weighted by atomic mass is 32.1. The normalized spacial score (nSPS) is 11.8. The van der Waals surface area contributed by atoms with Crippen LogP contribution in [0.4, 0.5) is 5.69 Å². The van der Waals surface area contributed by atoms with Gasteiger partial charge in [0.1, 0.15) is 5.01 Å². The monoisotopic (exact) mass is 412 g/mol. The number of carbonyl (C=O) groups excluding carboxylic acids is 2. The number of fused-ring (bicyclic) bond motifs is 1. The predicted molar refractivity (Wildman–Crippen MR) is 111 cm³/mol. The number of nitrogens with zero attached hydrogens (tertiary/aromatic N) is 3. The Bertz CT molecular complexity index is 1020. The zero-order chi connectivity index (χ0) is 21.0. The van der Waals surface area contributed by atoms with E-state index in [0.29, 0.717) is 5.56 Å². The number of non-ortho nitro benzene ring substituents is 1. The molecular formula is C20H20N4O4S. The number of hydrogen-bond donors (Lipinski definition) is 1. The van der Waals surface area contributed by atoms with Crippen molar-refractivity contribution in [2.24, 2.45) is 0 Å². The fourth-order valence-corrected chi connectivity index (χ4v) is 3.81. The first-order valence-electron chi connectivity index (χ1n) is 9.00. The Morgan fingerprint density at radius 2 is 1.90 bits per heavy atom. The molecule has 1 atom stereocenters. The lowest BCUT2D eigenvalue weighted by Gasteiger charge is -2.23. The molecule has 0 spiro atoms. The minimum Gasteiger partial charge on any atom is -0.352 e. The Balaban J connectivity index is 1.52. The van der Waals surface area contributed by atoms with Gasteiger partial charge in [-0.1, -0.05) is 12.1 Å². The second-order valence-electron chi connectivity index (χ2n) is 6.51. The minimum atomic E-state index is -0.525. The molecule has 0 aliphatic carbocycles. The Morgan fingerprint density at radius 1 is 1.21 bits per heavy atom. The van der Waals surface area contributed by atoms with E-state index >= 15 is 0 Å². The Labute approximate surface area is 171 Å². The molecule has 0 aliphatic rings. The van der Waals surface area contributed by atoms with Crippen molar-refractivity contribution < 1.29 is 14.5 Å². The van der Waals surface area contributed by atoms with Crippen LogP contribution in [0, 0.1) is 10.1 Å². The van der Waals surface area contributed by atoms with E-state index in [1.54, 1.807) is 23.3 Å². The number of thiazole rings is 1. The number of nitro benzene ring substituents is 1. The molecule has 0 aliphatic heterocycles. The summed E-state index contributed by atoms with van der Waals surface area (Å²) in [4.78, 5) is 41.0. The van der Waals surface area contributed by atoms with Gasteiger partial charge in [0.05, 0.1) is 21.2 Å². The first-order chi connectivity index (χ1) is 13.9. The number of rotatable bonds is 7. The second-order valence-corrected chi connectivity index (χ2v) is 7.57. The lowest BCUT2D eigenvalue weighted by atomic mass is 10.2. The molecule has 0 bridgehead atoms. The van der Waals surface area contributed by atoms with Crippen molar-refractivity contribution in [3.05, 3.63) is 69.2 Å². The van der Waals surface area contributed by atoms with Crippen molar-refractivity contribution in [2.75, 3.05) is 13.6 Å². The van der Waals surface area contributed by atoms with Crippen LogP contribution in [0.25, 0.3) is 10.2 Å². The topological polar surface area (TPSA) is 105 Å². The van der Waals surface area contributed by atoms with Crippen LogP contribution >= 0.6 is 11.3 Å². The number of nitro groups is 1. The summed E-state index contributed by atoms with van der Waals surface area (Å²) in [6.07, 6.45) is 0.143. The van der Waals surface area contributed by atoms with Gasteiger partial charge in [0.15, 0.2) is 0 Å². The Morgan fingerprint density at radius 3 is 2.55 bits per heavy atom. The molecule has 2 amide bonds. The summed E-state index contributed by atoms with van der Waals surface area (Å²) >= 11 is 1.56. The molecule has 29 heavy (non-hydrogen) atoms. The molecule has 0 fully saturated rings. The van der Waals surface area contributed by atoms with Crippen molar-refractivity contribution in [3.63, 3.8) is 0 Å².